The van der Waals surface area contributed by atoms with Crippen LogP contribution >= 0.6 is 0 Å². The topological polar surface area (TPSA) is 23.6 Å². The molecule has 0 amide bonds. The zero-order chi connectivity index (χ0) is 13.7. The van der Waals surface area contributed by atoms with Gasteiger partial charge >= 0.3 is 116 Å². The maximum absolute atomic E-state index is 12.2. The normalized spacial score (nSPS) is 11.3. The average Bonchev–Trinajstić information content (AvgIpc) is 2.35. The molecule has 0 aliphatic heterocycles. The molecule has 98 valence electrons. The van der Waals surface area contributed by atoms with Crippen LogP contribution in [0.25, 0.3) is 0 Å². The Morgan fingerprint density at radius 1 is 1.06 bits per heavy atom. The molecule has 3 nitrogen and oxygen atoms in total. The third-order valence-electron chi connectivity index (χ3n) is 2.61. The number of aryl methyl sites for hydroxylation is 1. The molecule has 0 spiro atoms. The fourth-order valence-corrected chi connectivity index (χ4v) is 3.44. The molecule has 0 radical (unpaired) electrons. The molecule has 0 unspecified atom stereocenters. The van der Waals surface area contributed by atoms with Gasteiger partial charge in [0.1, 0.15) is 0 Å². The molecule has 1 rings (SSSR count). The molecular weight excluding hydrogens is 287 g/mol. The molecule has 0 aliphatic carbocycles. The first-order valence-electron chi connectivity index (χ1n) is 6.02. The Morgan fingerprint density at radius 2 is 1.56 bits per heavy atom. The summed E-state index contributed by atoms with van der Waals surface area (Å²) in [6.45, 7) is 2.12. The van der Waals surface area contributed by atoms with Crippen molar-refractivity contribution in [2.75, 3.05) is 28.2 Å². The molecule has 1 aromatic carbocycles. The monoisotopic (exact) mass is 308 g/mol. The van der Waals surface area contributed by atoms with E-state index in [-0.39, 0.29) is 4.57 Å². The van der Waals surface area contributed by atoms with Gasteiger partial charge in [0.25, 0.3) is 0 Å². The van der Waals surface area contributed by atoms with Crippen molar-refractivity contribution in [3.05, 3.63) is 35.4 Å². The Morgan fingerprint density at radius 3 is 1.94 bits per heavy atom. The van der Waals surface area contributed by atoms with E-state index in [9.17, 15) is 4.79 Å². The van der Waals surface area contributed by atoms with E-state index in [2.05, 4.69) is 6.92 Å². The summed E-state index contributed by atoms with van der Waals surface area (Å²) in [5.74, 6) is 0. The first-order chi connectivity index (χ1) is 8.45. The van der Waals surface area contributed by atoms with Crippen molar-refractivity contribution in [3.8, 4) is 0 Å². The Kier molecular flexibility index (Phi) is 5.93. The zero-order valence-electron chi connectivity index (χ0n) is 11.8. The van der Waals surface area contributed by atoms with Gasteiger partial charge in [0.2, 0.25) is 0 Å². The minimum absolute atomic E-state index is 0.256. The van der Waals surface area contributed by atoms with Gasteiger partial charge in [0.15, 0.2) is 0 Å². The molecule has 0 bridgehead atoms. The van der Waals surface area contributed by atoms with E-state index in [1.165, 1.54) is 5.56 Å². The average molecular weight is 308 g/mol. The standard InChI is InChI=1S/C14H21AsN2O/c1-6-11-7-9-12(10-8-11)13(18)15-14(16(2)3)17(4)5/h7-10H,6H2,1-5H3. The first-order valence-corrected chi connectivity index (χ1v) is 7.90. The van der Waals surface area contributed by atoms with E-state index in [0.717, 1.165) is 16.5 Å². The van der Waals surface area contributed by atoms with Crippen molar-refractivity contribution in [2.24, 2.45) is 0 Å². The molecule has 0 saturated heterocycles. The van der Waals surface area contributed by atoms with Crippen LogP contribution in [0.5, 0.6) is 0 Å². The molecule has 0 heterocycles. The van der Waals surface area contributed by atoms with Crippen LogP contribution in [0.3, 0.4) is 0 Å². The number of hydrogen-bond acceptors (Lipinski definition) is 3. The van der Waals surface area contributed by atoms with E-state index in [1.807, 2.05) is 62.3 Å². The summed E-state index contributed by atoms with van der Waals surface area (Å²) in [5.41, 5.74) is 2.10. The summed E-state index contributed by atoms with van der Waals surface area (Å²) in [6, 6.07) is 7.97. The van der Waals surface area contributed by atoms with Crippen molar-refractivity contribution >= 4 is 24.4 Å². The van der Waals surface area contributed by atoms with Gasteiger partial charge in [-0.25, -0.2) is 0 Å². The molecule has 0 aliphatic rings. The van der Waals surface area contributed by atoms with Gasteiger partial charge in [0, 0.05) is 0 Å². The summed E-state index contributed by atoms with van der Waals surface area (Å²) in [6.07, 6.45) is 1.01. The predicted octanol–water partition coefficient (Wildman–Crippen LogP) is 1.30. The molecule has 0 N–H and O–H groups in total. The number of nitrogens with zero attached hydrogens (tertiary/aromatic N) is 2. The van der Waals surface area contributed by atoms with Crippen LogP contribution in [0.2, 0.25) is 0 Å². The Hall–Kier alpha value is -0.762. The van der Waals surface area contributed by atoms with Gasteiger partial charge in [-0.15, -0.1) is 0 Å². The Bertz CT molecular complexity index is 426. The molecule has 0 saturated carbocycles. The maximum atomic E-state index is 12.2. The summed E-state index contributed by atoms with van der Waals surface area (Å²) in [5, 5.41) is 0. The third-order valence-corrected chi connectivity index (χ3v) is 5.68. The van der Waals surface area contributed by atoms with Gasteiger partial charge in [0.05, 0.1) is 0 Å². The second-order valence-corrected chi connectivity index (χ2v) is 6.72. The quantitative estimate of drug-likeness (QED) is 0.766. The number of rotatable bonds is 5. The predicted molar refractivity (Wildman–Crippen MR) is 78.3 cm³/mol. The van der Waals surface area contributed by atoms with Crippen molar-refractivity contribution in [3.63, 3.8) is 0 Å². The first kappa shape index (κ1) is 15.3. The van der Waals surface area contributed by atoms with Gasteiger partial charge in [-0.05, 0) is 0 Å². The Labute approximate surface area is 116 Å². The van der Waals surface area contributed by atoms with Crippen molar-refractivity contribution in [1.29, 1.82) is 0 Å². The van der Waals surface area contributed by atoms with E-state index in [4.69, 9.17) is 0 Å². The number of benzene rings is 1. The molecule has 18 heavy (non-hydrogen) atoms. The summed E-state index contributed by atoms with van der Waals surface area (Å²) < 4.78 is 1.36. The molecule has 0 aromatic heterocycles. The van der Waals surface area contributed by atoms with Gasteiger partial charge in [-0.2, -0.15) is 0 Å². The van der Waals surface area contributed by atoms with E-state index in [1.54, 1.807) is 0 Å². The third kappa shape index (κ3) is 4.16. The van der Waals surface area contributed by atoms with E-state index < -0.39 is 15.3 Å². The number of carbonyl (C=O) groups excluding carboxylic acids is 1. The van der Waals surface area contributed by atoms with Crippen LogP contribution in [0.4, 0.5) is 0 Å². The van der Waals surface area contributed by atoms with Gasteiger partial charge in [-0.1, -0.05) is 0 Å². The molecule has 4 heteroatoms. The second kappa shape index (κ2) is 6.98. The van der Waals surface area contributed by atoms with Crippen LogP contribution in [0.1, 0.15) is 22.8 Å². The zero-order valence-corrected chi connectivity index (χ0v) is 13.6. The van der Waals surface area contributed by atoms with Crippen molar-refractivity contribution in [2.45, 2.75) is 13.3 Å². The van der Waals surface area contributed by atoms with Crippen LogP contribution in [-0.4, -0.2) is 62.4 Å². The van der Waals surface area contributed by atoms with Crippen molar-refractivity contribution in [1.82, 2.24) is 9.80 Å². The number of hydrogen-bond donors (Lipinski definition) is 0. The van der Waals surface area contributed by atoms with Gasteiger partial charge in [-0.3, -0.25) is 0 Å². The fourth-order valence-electron chi connectivity index (χ4n) is 1.64. The molecular formula is C14H21AsN2O. The van der Waals surface area contributed by atoms with Crippen LogP contribution in [-0.2, 0) is 6.42 Å². The Balaban J connectivity index is 2.95. The molecule has 0 atom stereocenters. The van der Waals surface area contributed by atoms with Crippen LogP contribution in [0, 0.1) is 0 Å². The molecule has 0 fully saturated rings. The minimum atomic E-state index is -0.488. The SMILES string of the molecule is CCc1ccc(C(=O)[As]=C(N(C)C)N(C)C)cc1. The van der Waals surface area contributed by atoms with Gasteiger partial charge < -0.3 is 0 Å². The summed E-state index contributed by atoms with van der Waals surface area (Å²) in [7, 11) is 7.94. The van der Waals surface area contributed by atoms with Crippen molar-refractivity contribution < 1.29 is 4.79 Å². The van der Waals surface area contributed by atoms with E-state index in [0.29, 0.717) is 0 Å². The van der Waals surface area contributed by atoms with Crippen LogP contribution < -0.4 is 0 Å². The second-order valence-electron chi connectivity index (χ2n) is 4.56. The fraction of sp³-hybridized carbons (Fsp3) is 0.429. The van der Waals surface area contributed by atoms with E-state index >= 15 is 0 Å². The summed E-state index contributed by atoms with van der Waals surface area (Å²) in [4.78, 5) is 16.3. The summed E-state index contributed by atoms with van der Waals surface area (Å²) >= 11 is -0.488. The van der Waals surface area contributed by atoms with Crippen LogP contribution in [0.15, 0.2) is 24.3 Å². The molecule has 1 aromatic rings. The number of carbonyl (C=O) groups is 1.